The predicted octanol–water partition coefficient (Wildman–Crippen LogP) is 0.138. The lowest BCUT2D eigenvalue weighted by molar-refractivity contribution is -0.134. The molecule has 366 valence electrons. The maximum Gasteiger partial charge on any atom is 0.337 e. The van der Waals surface area contributed by atoms with E-state index in [9.17, 15) is 38.4 Å². The molecule has 1 aromatic heterocycles. The number of rotatable bonds is 18. The van der Waals surface area contributed by atoms with E-state index in [0.29, 0.717) is 50.9 Å². The van der Waals surface area contributed by atoms with Crippen molar-refractivity contribution in [1.29, 1.82) is 0 Å². The van der Waals surface area contributed by atoms with E-state index in [1.54, 1.807) is 36.5 Å². The molecule has 6 atom stereocenters. The fourth-order valence-corrected chi connectivity index (χ4v) is 7.45. The molecule has 1 aliphatic rings. The number of nitrogens with zero attached hydrogens (tertiary/aromatic N) is 2. The molecule has 0 saturated carbocycles. The van der Waals surface area contributed by atoms with Crippen molar-refractivity contribution in [3.63, 3.8) is 0 Å². The molecule has 20 nitrogen and oxygen atoms in total. The third-order valence-corrected chi connectivity index (χ3v) is 11.2. The highest BCUT2D eigenvalue weighted by Crippen LogP contribution is 2.19. The highest BCUT2D eigenvalue weighted by atomic mass is 16.2. The van der Waals surface area contributed by atoms with Gasteiger partial charge in [0.05, 0.1) is 6.54 Å². The Morgan fingerprint density at radius 3 is 2.31 bits per heavy atom. The van der Waals surface area contributed by atoms with Gasteiger partial charge in [-0.3, -0.25) is 43.9 Å². The van der Waals surface area contributed by atoms with E-state index in [2.05, 4.69) is 60.7 Å². The molecule has 0 bridgehead atoms. The molecule has 0 spiro atoms. The minimum atomic E-state index is -1.32. The zero-order valence-electron chi connectivity index (χ0n) is 39.0. The SMILES string of the molecule is C=CCN1CC#CCN(NC(=O)[C@H](C)NC(C)=O)C(=O)N[C@H](Cc2c[nH]c3ccccc23)C(=O)N[C@@H](C)C(=O)N[C@H](C(=O)N[C@H](Cc2ccccc2)C(=O)N[C@@H](CCCCN)C(N)=O)CCCC1. The van der Waals surface area contributed by atoms with Crippen molar-refractivity contribution in [3.8, 4) is 11.8 Å². The summed E-state index contributed by atoms with van der Waals surface area (Å²) in [5.41, 5.74) is 15.9. The van der Waals surface area contributed by atoms with Gasteiger partial charge in [-0.15, -0.1) is 6.58 Å². The van der Waals surface area contributed by atoms with Crippen LogP contribution in [0.2, 0.25) is 0 Å². The summed E-state index contributed by atoms with van der Waals surface area (Å²) in [6.07, 6.45) is 5.91. The summed E-state index contributed by atoms with van der Waals surface area (Å²) >= 11 is 0. The van der Waals surface area contributed by atoms with Crippen LogP contribution in [0.4, 0.5) is 4.79 Å². The number of carbonyl (C=O) groups excluding carboxylic acids is 8. The number of fused-ring (bicyclic) bond motifs is 1. The normalized spacial score (nSPS) is 19.1. The van der Waals surface area contributed by atoms with Crippen molar-refractivity contribution >= 4 is 58.3 Å². The number of primary amides is 1. The average molecular weight is 939 g/mol. The van der Waals surface area contributed by atoms with Gasteiger partial charge in [0.1, 0.15) is 42.8 Å². The Morgan fingerprint density at radius 2 is 1.60 bits per heavy atom. The van der Waals surface area contributed by atoms with Crippen LogP contribution in [0, 0.1) is 11.8 Å². The van der Waals surface area contributed by atoms with Crippen LogP contribution >= 0.6 is 0 Å². The number of amides is 9. The molecule has 12 N–H and O–H groups in total. The molecule has 2 heterocycles. The number of aromatic amines is 1. The fraction of sp³-hybridized carbons (Fsp3) is 0.458. The van der Waals surface area contributed by atoms with Gasteiger partial charge in [0.2, 0.25) is 35.4 Å². The van der Waals surface area contributed by atoms with Crippen LogP contribution in [0.3, 0.4) is 0 Å². The summed E-state index contributed by atoms with van der Waals surface area (Å²) in [5, 5.41) is 17.8. The molecule has 0 unspecified atom stereocenters. The van der Waals surface area contributed by atoms with Gasteiger partial charge in [-0.1, -0.05) is 66.4 Å². The Kier molecular flexibility index (Phi) is 21.5. The van der Waals surface area contributed by atoms with Crippen LogP contribution in [0.15, 0.2) is 73.4 Å². The molecular formula is C48H66N12O8. The predicted molar refractivity (Wildman–Crippen MR) is 256 cm³/mol. The summed E-state index contributed by atoms with van der Waals surface area (Å²) in [6, 6.07) is 8.46. The van der Waals surface area contributed by atoms with Crippen molar-refractivity contribution in [2.24, 2.45) is 11.5 Å². The third kappa shape index (κ3) is 17.2. The lowest BCUT2D eigenvalue weighted by Crippen LogP contribution is -2.60. The van der Waals surface area contributed by atoms with Crippen molar-refractivity contribution in [2.45, 2.75) is 108 Å². The first-order chi connectivity index (χ1) is 32.6. The molecule has 68 heavy (non-hydrogen) atoms. The Balaban J connectivity index is 1.66. The molecule has 9 amide bonds. The largest absolute Gasteiger partial charge is 0.368 e. The average Bonchev–Trinajstić information content (AvgIpc) is 3.71. The molecular weight excluding hydrogens is 873 g/mol. The Hall–Kier alpha value is -7.24. The van der Waals surface area contributed by atoms with Gasteiger partial charge in [-0.2, -0.15) is 0 Å². The van der Waals surface area contributed by atoms with Gasteiger partial charge in [0.15, 0.2) is 0 Å². The number of urea groups is 1. The number of para-hydroxylation sites is 1. The number of hydrazine groups is 1. The van der Waals surface area contributed by atoms with Gasteiger partial charge in [0, 0.05) is 43.4 Å². The van der Waals surface area contributed by atoms with Gasteiger partial charge < -0.3 is 48.4 Å². The van der Waals surface area contributed by atoms with Crippen LogP contribution in [0.1, 0.15) is 70.4 Å². The highest BCUT2D eigenvalue weighted by molar-refractivity contribution is 5.97. The zero-order valence-corrected chi connectivity index (χ0v) is 39.0. The Labute approximate surface area is 396 Å². The van der Waals surface area contributed by atoms with E-state index in [-0.39, 0.29) is 38.8 Å². The minimum absolute atomic E-state index is 0.0519. The number of benzene rings is 2. The van der Waals surface area contributed by atoms with Crippen LogP contribution in [-0.4, -0.2) is 131 Å². The summed E-state index contributed by atoms with van der Waals surface area (Å²) < 4.78 is 0. The maximum atomic E-state index is 14.3. The summed E-state index contributed by atoms with van der Waals surface area (Å²) in [7, 11) is 0. The number of unbranched alkanes of at least 4 members (excludes halogenated alkanes) is 1. The first-order valence-corrected chi connectivity index (χ1v) is 22.8. The van der Waals surface area contributed by atoms with Crippen LogP contribution in [-0.2, 0) is 46.4 Å². The van der Waals surface area contributed by atoms with Crippen LogP contribution < -0.4 is 48.8 Å². The summed E-state index contributed by atoms with van der Waals surface area (Å²) in [4.78, 5) is 113. The van der Waals surface area contributed by atoms with Crippen LogP contribution in [0.5, 0.6) is 0 Å². The second-order valence-corrected chi connectivity index (χ2v) is 16.7. The van der Waals surface area contributed by atoms with Gasteiger partial charge in [-0.05, 0) is 82.7 Å². The molecule has 0 saturated heterocycles. The highest BCUT2D eigenvalue weighted by Gasteiger charge is 2.32. The third-order valence-electron chi connectivity index (χ3n) is 11.2. The van der Waals surface area contributed by atoms with E-state index in [1.807, 2.05) is 35.2 Å². The number of nitrogens with two attached hydrogens (primary N) is 2. The summed E-state index contributed by atoms with van der Waals surface area (Å²) in [6.45, 7) is 9.24. The van der Waals surface area contributed by atoms with Crippen molar-refractivity contribution in [3.05, 3.63) is 84.6 Å². The van der Waals surface area contributed by atoms with E-state index in [1.165, 1.54) is 20.8 Å². The monoisotopic (exact) mass is 939 g/mol. The molecule has 3 aromatic rings. The number of nitrogens with one attached hydrogen (secondary N) is 8. The Bertz CT molecular complexity index is 2290. The second-order valence-electron chi connectivity index (χ2n) is 16.7. The zero-order chi connectivity index (χ0) is 49.6. The molecule has 0 radical (unpaired) electrons. The topological polar surface area (TPSA) is 295 Å². The second kappa shape index (κ2) is 27.4. The molecule has 20 heteroatoms. The van der Waals surface area contributed by atoms with E-state index in [4.69, 9.17) is 11.5 Å². The standard InChI is InChI=1S/C48H66N12O8/c1-5-24-59-25-14-12-22-39(45(65)56-40(28-34-17-7-6-8-18-34)47(67)54-38(42(50)62)21-11-13-23-49)55-43(63)31(2)53-46(66)41(29-35-30-51-37-20-10-9-19-36(35)37)57-48(68)60(27-16-15-26-59)58-44(64)32(3)52-33(4)61/h5-10,17-20,30-32,38-41,51H,1,11-14,21-29,49H2,2-4H3,(H2,50,62)(H,52,61)(H,53,66)(H,54,67)(H,55,63)(H,56,65)(H,57,68)(H,58,64)/t31-,32-,38-,39-,40+,41+/m0/s1. The smallest absolute Gasteiger partial charge is 0.337 e. The van der Waals surface area contributed by atoms with E-state index >= 15 is 0 Å². The lowest BCUT2D eigenvalue weighted by Gasteiger charge is -2.27. The molecule has 1 aliphatic heterocycles. The van der Waals surface area contributed by atoms with Crippen molar-refractivity contribution in [2.75, 3.05) is 32.7 Å². The number of hydrogen-bond acceptors (Lipinski definition) is 10. The lowest BCUT2D eigenvalue weighted by atomic mass is 10.0. The molecule has 0 fully saturated rings. The van der Waals surface area contributed by atoms with Crippen LogP contribution in [0.25, 0.3) is 10.9 Å². The molecule has 0 aliphatic carbocycles. The number of H-pyrrole nitrogens is 1. The van der Waals surface area contributed by atoms with Gasteiger partial charge >= 0.3 is 6.03 Å². The van der Waals surface area contributed by atoms with Crippen molar-refractivity contribution < 1.29 is 38.4 Å². The minimum Gasteiger partial charge on any atom is -0.368 e. The number of aromatic nitrogens is 1. The quantitative estimate of drug-likeness (QED) is 0.0468. The fourth-order valence-electron chi connectivity index (χ4n) is 7.45. The maximum absolute atomic E-state index is 14.3. The molecule has 4 rings (SSSR count). The van der Waals surface area contributed by atoms with E-state index < -0.39 is 83.6 Å². The first kappa shape index (κ1) is 53.4. The van der Waals surface area contributed by atoms with E-state index in [0.717, 1.165) is 21.5 Å². The van der Waals surface area contributed by atoms with Gasteiger partial charge in [0.25, 0.3) is 5.91 Å². The summed E-state index contributed by atoms with van der Waals surface area (Å²) in [5.74, 6) is 1.22. The Morgan fingerprint density at radius 1 is 0.882 bits per heavy atom. The number of carbonyl (C=O) groups is 8. The van der Waals surface area contributed by atoms with Crippen molar-refractivity contribution in [1.82, 2.24) is 52.2 Å². The number of hydrogen-bond donors (Lipinski definition) is 10. The first-order valence-electron chi connectivity index (χ1n) is 22.8. The molecule has 2 aromatic carbocycles. The van der Waals surface area contributed by atoms with Gasteiger partial charge in [-0.25, -0.2) is 9.80 Å².